The van der Waals surface area contributed by atoms with Gasteiger partial charge in [0.25, 0.3) is 0 Å². The molecule has 0 aliphatic heterocycles. The molecule has 3 rings (SSSR count). The zero-order valence-electron chi connectivity index (χ0n) is 9.92. The van der Waals surface area contributed by atoms with Crippen LogP contribution in [-0.4, -0.2) is 25.7 Å². The Morgan fingerprint density at radius 1 is 1.25 bits per heavy atom. The minimum Gasteiger partial charge on any atom is -0.478 e. The van der Waals surface area contributed by atoms with Crippen LogP contribution in [0.5, 0.6) is 0 Å². The third-order valence-corrected chi connectivity index (χ3v) is 3.23. The number of halogens is 2. The number of carboxylic acids is 1. The Morgan fingerprint density at radius 3 is 2.80 bits per heavy atom. The lowest BCUT2D eigenvalue weighted by Crippen LogP contribution is -1.99. The maximum Gasteiger partial charge on any atom is 0.337 e. The third kappa shape index (κ3) is 1.90. The van der Waals surface area contributed by atoms with E-state index >= 15 is 0 Å². The lowest BCUT2D eigenvalue weighted by Gasteiger charge is -2.04. The van der Waals surface area contributed by atoms with E-state index < -0.39 is 11.8 Å². The minimum atomic E-state index is -1.07. The van der Waals surface area contributed by atoms with Gasteiger partial charge in [-0.05, 0) is 24.3 Å². The summed E-state index contributed by atoms with van der Waals surface area (Å²) in [5, 5.41) is 16.8. The molecule has 3 aromatic rings. The number of pyridine rings is 1. The Balaban J connectivity index is 2.28. The van der Waals surface area contributed by atoms with E-state index in [0.717, 1.165) is 0 Å². The van der Waals surface area contributed by atoms with Crippen molar-refractivity contribution < 1.29 is 14.3 Å². The van der Waals surface area contributed by atoms with E-state index in [1.54, 1.807) is 6.07 Å². The van der Waals surface area contributed by atoms with Crippen molar-refractivity contribution in [3.8, 4) is 11.4 Å². The molecule has 20 heavy (non-hydrogen) atoms. The average Bonchev–Trinajstić information content (AvgIpc) is 2.84. The predicted octanol–water partition coefficient (Wildman–Crippen LogP) is 2.89. The number of aromatic nitrogens is 3. The van der Waals surface area contributed by atoms with Gasteiger partial charge >= 0.3 is 5.97 Å². The molecule has 5 nitrogen and oxygen atoms in total. The Morgan fingerprint density at radius 2 is 2.05 bits per heavy atom. The first-order valence-corrected chi connectivity index (χ1v) is 5.98. The van der Waals surface area contributed by atoms with Crippen LogP contribution in [0.4, 0.5) is 4.39 Å². The number of fused-ring (bicyclic) bond motifs is 1. The summed E-state index contributed by atoms with van der Waals surface area (Å²) in [5.74, 6) is -1.36. The molecule has 0 fully saturated rings. The van der Waals surface area contributed by atoms with Crippen LogP contribution in [0, 0.1) is 5.82 Å². The topological polar surface area (TPSA) is 67.5 Å². The van der Waals surface area contributed by atoms with Gasteiger partial charge in [-0.2, -0.15) is 0 Å². The molecular formula is C13H7ClFN3O2. The molecule has 0 saturated heterocycles. The van der Waals surface area contributed by atoms with Gasteiger partial charge in [-0.3, -0.25) is 4.40 Å². The highest BCUT2D eigenvalue weighted by Crippen LogP contribution is 2.29. The fourth-order valence-corrected chi connectivity index (χ4v) is 2.09. The molecule has 100 valence electrons. The number of aromatic carboxylic acids is 1. The van der Waals surface area contributed by atoms with Crippen molar-refractivity contribution in [3.05, 3.63) is 52.9 Å². The minimum absolute atomic E-state index is 0.0751. The van der Waals surface area contributed by atoms with Gasteiger partial charge in [0.1, 0.15) is 5.82 Å². The summed E-state index contributed by atoms with van der Waals surface area (Å²) in [5.41, 5.74) is 0.873. The Bertz CT molecular complexity index is 832. The molecule has 0 saturated carbocycles. The fourth-order valence-electron chi connectivity index (χ4n) is 1.88. The zero-order valence-corrected chi connectivity index (χ0v) is 10.7. The number of nitrogens with zero attached hydrogens (tertiary/aromatic N) is 3. The number of hydrogen-bond acceptors (Lipinski definition) is 3. The van der Waals surface area contributed by atoms with E-state index in [4.69, 9.17) is 16.7 Å². The van der Waals surface area contributed by atoms with Crippen LogP contribution in [0.2, 0.25) is 5.02 Å². The SMILES string of the molecule is O=C(O)c1ccc2nnc(-c3cccc(F)c3Cl)n2c1. The van der Waals surface area contributed by atoms with Crippen LogP contribution in [0.15, 0.2) is 36.5 Å². The van der Waals surface area contributed by atoms with E-state index in [2.05, 4.69) is 10.2 Å². The maximum atomic E-state index is 13.5. The summed E-state index contributed by atoms with van der Waals surface area (Å²) in [4.78, 5) is 11.0. The number of carbonyl (C=O) groups is 1. The van der Waals surface area contributed by atoms with Crippen molar-refractivity contribution >= 4 is 23.2 Å². The van der Waals surface area contributed by atoms with E-state index in [1.165, 1.54) is 34.9 Å². The Hall–Kier alpha value is -2.47. The summed E-state index contributed by atoms with van der Waals surface area (Å²) >= 11 is 5.91. The summed E-state index contributed by atoms with van der Waals surface area (Å²) in [7, 11) is 0. The molecule has 7 heteroatoms. The van der Waals surface area contributed by atoms with Gasteiger partial charge < -0.3 is 5.11 Å². The molecule has 2 heterocycles. The lowest BCUT2D eigenvalue weighted by atomic mass is 10.2. The van der Waals surface area contributed by atoms with Gasteiger partial charge in [-0.1, -0.05) is 17.7 Å². The van der Waals surface area contributed by atoms with E-state index in [1.807, 2.05) is 0 Å². The second kappa shape index (κ2) is 4.57. The van der Waals surface area contributed by atoms with Gasteiger partial charge in [0.05, 0.1) is 10.6 Å². The van der Waals surface area contributed by atoms with Crippen LogP contribution in [-0.2, 0) is 0 Å². The van der Waals surface area contributed by atoms with Gasteiger partial charge in [0.2, 0.25) is 0 Å². The maximum absolute atomic E-state index is 13.5. The van der Waals surface area contributed by atoms with Crippen molar-refractivity contribution in [2.45, 2.75) is 0 Å². The normalized spacial score (nSPS) is 10.9. The quantitative estimate of drug-likeness (QED) is 0.788. The molecule has 1 N–H and O–H groups in total. The van der Waals surface area contributed by atoms with Crippen molar-refractivity contribution in [2.24, 2.45) is 0 Å². The first kappa shape index (κ1) is 12.6. The molecule has 0 bridgehead atoms. The molecule has 0 aliphatic rings. The molecule has 0 unspecified atom stereocenters. The number of carboxylic acid groups (broad SMARTS) is 1. The first-order valence-electron chi connectivity index (χ1n) is 5.60. The highest BCUT2D eigenvalue weighted by Gasteiger charge is 2.15. The third-order valence-electron chi connectivity index (χ3n) is 2.84. The van der Waals surface area contributed by atoms with Crippen molar-refractivity contribution in [2.75, 3.05) is 0 Å². The van der Waals surface area contributed by atoms with Crippen LogP contribution >= 0.6 is 11.6 Å². The van der Waals surface area contributed by atoms with Gasteiger partial charge in [0.15, 0.2) is 11.5 Å². The van der Waals surface area contributed by atoms with Crippen molar-refractivity contribution in [1.82, 2.24) is 14.6 Å². The monoisotopic (exact) mass is 291 g/mol. The van der Waals surface area contributed by atoms with Crippen molar-refractivity contribution in [1.29, 1.82) is 0 Å². The zero-order chi connectivity index (χ0) is 14.3. The second-order valence-electron chi connectivity index (χ2n) is 4.08. The first-order chi connectivity index (χ1) is 9.58. The Labute approximate surface area is 117 Å². The Kier molecular flexibility index (Phi) is 2.87. The standard InChI is InChI=1S/C13H7ClFN3O2/c14-11-8(2-1-3-9(11)15)12-17-16-10-5-4-7(13(19)20)6-18(10)12/h1-6H,(H,19,20). The van der Waals surface area contributed by atoms with Crippen molar-refractivity contribution in [3.63, 3.8) is 0 Å². The number of benzene rings is 1. The second-order valence-corrected chi connectivity index (χ2v) is 4.45. The molecule has 0 radical (unpaired) electrons. The molecule has 0 aliphatic carbocycles. The molecule has 0 atom stereocenters. The van der Waals surface area contributed by atoms with Gasteiger partial charge in [-0.25, -0.2) is 9.18 Å². The number of rotatable bonds is 2. The van der Waals surface area contributed by atoms with Crippen LogP contribution < -0.4 is 0 Å². The summed E-state index contributed by atoms with van der Waals surface area (Å²) < 4.78 is 15.0. The smallest absolute Gasteiger partial charge is 0.337 e. The highest BCUT2D eigenvalue weighted by molar-refractivity contribution is 6.33. The van der Waals surface area contributed by atoms with Gasteiger partial charge in [0, 0.05) is 11.8 Å². The lowest BCUT2D eigenvalue weighted by molar-refractivity contribution is 0.0696. The number of hydrogen-bond donors (Lipinski definition) is 1. The average molecular weight is 292 g/mol. The van der Waals surface area contributed by atoms with E-state index in [-0.39, 0.29) is 16.4 Å². The van der Waals surface area contributed by atoms with Crippen LogP contribution in [0.3, 0.4) is 0 Å². The van der Waals surface area contributed by atoms with Crippen LogP contribution in [0.1, 0.15) is 10.4 Å². The summed E-state index contributed by atoms with van der Waals surface area (Å²) in [6.07, 6.45) is 1.37. The molecule has 1 aromatic carbocycles. The highest BCUT2D eigenvalue weighted by atomic mass is 35.5. The summed E-state index contributed by atoms with van der Waals surface area (Å²) in [6.45, 7) is 0. The molecule has 2 aromatic heterocycles. The van der Waals surface area contributed by atoms with Crippen LogP contribution in [0.25, 0.3) is 17.0 Å². The molecular weight excluding hydrogens is 285 g/mol. The summed E-state index contributed by atoms with van der Waals surface area (Å²) in [6, 6.07) is 7.27. The predicted molar refractivity (Wildman–Crippen MR) is 70.4 cm³/mol. The van der Waals surface area contributed by atoms with E-state index in [9.17, 15) is 9.18 Å². The largest absolute Gasteiger partial charge is 0.478 e. The molecule has 0 amide bonds. The van der Waals surface area contributed by atoms with Gasteiger partial charge in [-0.15, -0.1) is 10.2 Å². The molecule has 0 spiro atoms. The van der Waals surface area contributed by atoms with E-state index in [0.29, 0.717) is 11.2 Å². The fraction of sp³-hybridized carbons (Fsp3) is 0.